The van der Waals surface area contributed by atoms with Crippen LogP contribution in [0.5, 0.6) is 0 Å². The molecule has 0 saturated carbocycles. The summed E-state index contributed by atoms with van der Waals surface area (Å²) in [6.07, 6.45) is 2.15. The van der Waals surface area contributed by atoms with Crippen LogP contribution in [0.2, 0.25) is 0 Å². The zero-order valence-corrected chi connectivity index (χ0v) is 16.5. The minimum Gasteiger partial charge on any atom is -0.382 e. The van der Waals surface area contributed by atoms with E-state index in [9.17, 15) is 9.90 Å². The first kappa shape index (κ1) is 18.5. The summed E-state index contributed by atoms with van der Waals surface area (Å²) in [4.78, 5) is 19.0. The lowest BCUT2D eigenvalue weighted by Crippen LogP contribution is -2.48. The lowest BCUT2D eigenvalue weighted by atomic mass is 9.88. The lowest BCUT2D eigenvalue weighted by Gasteiger charge is -2.37. The highest BCUT2D eigenvalue weighted by Gasteiger charge is 2.36. The Morgan fingerprint density at radius 3 is 2.11 bits per heavy atom. The molecular formula is C22H26N2O2S. The second-order valence-electron chi connectivity index (χ2n) is 7.47. The van der Waals surface area contributed by atoms with Crippen molar-refractivity contribution < 1.29 is 9.90 Å². The molecule has 0 amide bonds. The molecule has 2 heterocycles. The van der Waals surface area contributed by atoms with Crippen molar-refractivity contribution in [3.63, 3.8) is 0 Å². The molecule has 0 bridgehead atoms. The molecule has 2 aliphatic heterocycles. The Labute approximate surface area is 165 Å². The molecule has 27 heavy (non-hydrogen) atoms. The minimum absolute atomic E-state index is 0.0961. The number of fused-ring (bicyclic) bond motifs is 2. The van der Waals surface area contributed by atoms with Gasteiger partial charge >= 0.3 is 0 Å². The van der Waals surface area contributed by atoms with Gasteiger partial charge in [-0.2, -0.15) is 0 Å². The van der Waals surface area contributed by atoms with Crippen LogP contribution in [-0.4, -0.2) is 47.6 Å². The highest BCUT2D eigenvalue weighted by Crippen LogP contribution is 2.47. The number of likely N-dealkylation sites (tertiary alicyclic amines) is 1. The van der Waals surface area contributed by atoms with Gasteiger partial charge in [-0.15, -0.1) is 0 Å². The fourth-order valence-electron chi connectivity index (χ4n) is 3.97. The molecule has 2 aliphatic rings. The first-order chi connectivity index (χ1) is 13.1. The first-order valence-corrected chi connectivity index (χ1v) is 10.5. The molecule has 4 nitrogen and oxygen atoms in total. The van der Waals surface area contributed by atoms with Gasteiger partial charge in [0.2, 0.25) is 0 Å². The molecule has 142 valence electrons. The molecule has 0 spiro atoms. The SMILES string of the molecule is CC(=O)C1(O)CCN(CCCN2c3ccccc3Sc3ccccc32)CC1. The van der Waals surface area contributed by atoms with Gasteiger partial charge in [0.1, 0.15) is 5.60 Å². The van der Waals surface area contributed by atoms with Gasteiger partial charge < -0.3 is 14.9 Å². The Bertz CT molecular complexity index is 785. The Balaban J connectivity index is 1.40. The summed E-state index contributed by atoms with van der Waals surface area (Å²) >= 11 is 1.84. The molecule has 1 saturated heterocycles. The van der Waals surface area contributed by atoms with Crippen molar-refractivity contribution in [2.45, 2.75) is 41.6 Å². The number of ketones is 1. The summed E-state index contributed by atoms with van der Waals surface area (Å²) < 4.78 is 0. The second-order valence-corrected chi connectivity index (χ2v) is 8.56. The lowest BCUT2D eigenvalue weighted by molar-refractivity contribution is -0.139. The fraction of sp³-hybridized carbons (Fsp3) is 0.409. The molecule has 0 aromatic heterocycles. The van der Waals surface area contributed by atoms with Crippen molar-refractivity contribution in [2.75, 3.05) is 31.1 Å². The highest BCUT2D eigenvalue weighted by molar-refractivity contribution is 7.99. The number of carbonyl (C=O) groups excluding carboxylic acids is 1. The van der Waals surface area contributed by atoms with Crippen molar-refractivity contribution in [1.82, 2.24) is 4.90 Å². The quantitative estimate of drug-likeness (QED) is 0.844. The molecule has 1 fully saturated rings. The van der Waals surface area contributed by atoms with Crippen LogP contribution in [0.4, 0.5) is 11.4 Å². The van der Waals surface area contributed by atoms with Crippen LogP contribution >= 0.6 is 11.8 Å². The third-order valence-corrected chi connectivity index (χ3v) is 6.86. The molecule has 2 aromatic rings. The number of carbonyl (C=O) groups is 1. The van der Waals surface area contributed by atoms with E-state index in [4.69, 9.17) is 0 Å². The number of piperidine rings is 1. The standard InChI is InChI=1S/C22H26N2O2S/c1-17(25)22(26)11-15-23(16-12-22)13-6-14-24-18-7-2-4-9-20(18)27-21-10-5-3-8-19(21)24/h2-5,7-10,26H,6,11-16H2,1H3. The Morgan fingerprint density at radius 2 is 1.56 bits per heavy atom. The van der Waals surface area contributed by atoms with E-state index in [2.05, 4.69) is 58.3 Å². The van der Waals surface area contributed by atoms with Gasteiger partial charge in [-0.1, -0.05) is 36.0 Å². The average Bonchev–Trinajstić information content (AvgIpc) is 2.69. The topological polar surface area (TPSA) is 43.8 Å². The molecule has 0 atom stereocenters. The molecule has 0 unspecified atom stereocenters. The molecule has 0 radical (unpaired) electrons. The third-order valence-electron chi connectivity index (χ3n) is 5.73. The largest absolute Gasteiger partial charge is 0.382 e. The van der Waals surface area contributed by atoms with Crippen molar-refractivity contribution in [2.24, 2.45) is 0 Å². The molecule has 4 rings (SSSR count). The van der Waals surface area contributed by atoms with Gasteiger partial charge in [0.05, 0.1) is 11.4 Å². The van der Waals surface area contributed by atoms with Gasteiger partial charge in [0, 0.05) is 29.4 Å². The van der Waals surface area contributed by atoms with E-state index in [0.717, 1.165) is 32.6 Å². The number of rotatable bonds is 5. The number of aliphatic hydroxyl groups is 1. The first-order valence-electron chi connectivity index (χ1n) is 9.66. The molecule has 2 aromatic carbocycles. The van der Waals surface area contributed by atoms with Crippen LogP contribution in [0.15, 0.2) is 58.3 Å². The summed E-state index contributed by atoms with van der Waals surface area (Å²) in [6, 6.07) is 17.2. The third kappa shape index (κ3) is 3.77. The van der Waals surface area contributed by atoms with E-state index in [0.29, 0.717) is 12.8 Å². The van der Waals surface area contributed by atoms with E-state index in [1.54, 1.807) is 0 Å². The maximum atomic E-state index is 11.6. The predicted molar refractivity (Wildman–Crippen MR) is 110 cm³/mol. The number of Topliss-reactive ketones (excluding diaryl/α,β-unsaturated/α-hetero) is 1. The van der Waals surface area contributed by atoms with Crippen LogP contribution in [0.1, 0.15) is 26.2 Å². The van der Waals surface area contributed by atoms with Crippen LogP contribution in [0.3, 0.4) is 0 Å². The van der Waals surface area contributed by atoms with E-state index in [-0.39, 0.29) is 5.78 Å². The Morgan fingerprint density at radius 1 is 1.00 bits per heavy atom. The zero-order chi connectivity index (χ0) is 18.9. The van der Waals surface area contributed by atoms with Gasteiger partial charge in [-0.05, 0) is 57.0 Å². The predicted octanol–water partition coefficient (Wildman–Crippen LogP) is 4.10. The van der Waals surface area contributed by atoms with E-state index < -0.39 is 5.60 Å². The summed E-state index contributed by atoms with van der Waals surface area (Å²) in [5.74, 6) is -0.0961. The van der Waals surface area contributed by atoms with Crippen LogP contribution in [0.25, 0.3) is 0 Å². The fourth-order valence-corrected chi connectivity index (χ4v) is 5.07. The number of anilines is 2. The number of hydrogen-bond acceptors (Lipinski definition) is 5. The van der Waals surface area contributed by atoms with Gasteiger partial charge in [0.25, 0.3) is 0 Å². The maximum absolute atomic E-state index is 11.6. The average molecular weight is 383 g/mol. The molecule has 5 heteroatoms. The summed E-state index contributed by atoms with van der Waals surface area (Å²) in [6.45, 7) is 5.03. The monoisotopic (exact) mass is 382 g/mol. The summed E-state index contributed by atoms with van der Waals surface area (Å²) in [7, 11) is 0. The minimum atomic E-state index is -1.10. The highest BCUT2D eigenvalue weighted by atomic mass is 32.2. The van der Waals surface area contributed by atoms with Crippen LogP contribution in [-0.2, 0) is 4.79 Å². The van der Waals surface area contributed by atoms with Crippen molar-refractivity contribution in [1.29, 1.82) is 0 Å². The molecule has 0 aliphatic carbocycles. The summed E-state index contributed by atoms with van der Waals surface area (Å²) in [5.41, 5.74) is 1.47. The number of benzene rings is 2. The number of para-hydroxylation sites is 2. The number of hydrogen-bond donors (Lipinski definition) is 1. The zero-order valence-electron chi connectivity index (χ0n) is 15.7. The van der Waals surface area contributed by atoms with E-state index >= 15 is 0 Å². The normalized spacial score (nSPS) is 18.7. The summed E-state index contributed by atoms with van der Waals surface area (Å²) in [5, 5.41) is 10.3. The van der Waals surface area contributed by atoms with Crippen molar-refractivity contribution in [3.8, 4) is 0 Å². The van der Waals surface area contributed by atoms with Gasteiger partial charge in [-0.3, -0.25) is 4.79 Å². The Kier molecular flexibility index (Phi) is 5.26. The van der Waals surface area contributed by atoms with Gasteiger partial charge in [-0.25, -0.2) is 0 Å². The van der Waals surface area contributed by atoms with Crippen LogP contribution < -0.4 is 4.90 Å². The van der Waals surface area contributed by atoms with E-state index in [1.807, 2.05) is 11.8 Å². The second kappa shape index (κ2) is 7.66. The van der Waals surface area contributed by atoms with E-state index in [1.165, 1.54) is 28.1 Å². The number of nitrogens with zero attached hydrogens (tertiary/aromatic N) is 2. The smallest absolute Gasteiger partial charge is 0.161 e. The Hall–Kier alpha value is -1.82. The maximum Gasteiger partial charge on any atom is 0.161 e. The van der Waals surface area contributed by atoms with Gasteiger partial charge in [0.15, 0.2) is 5.78 Å². The van der Waals surface area contributed by atoms with Crippen LogP contribution in [0, 0.1) is 0 Å². The van der Waals surface area contributed by atoms with Crippen molar-refractivity contribution >= 4 is 28.9 Å². The van der Waals surface area contributed by atoms with Crippen molar-refractivity contribution in [3.05, 3.63) is 48.5 Å². The molecular weight excluding hydrogens is 356 g/mol. The molecule has 1 N–H and O–H groups in total.